The summed E-state index contributed by atoms with van der Waals surface area (Å²) in [6, 6.07) is 2.02. The zero-order valence-electron chi connectivity index (χ0n) is 6.90. The summed E-state index contributed by atoms with van der Waals surface area (Å²) in [5.41, 5.74) is 0. The fourth-order valence-electron chi connectivity index (χ4n) is 0.996. The maximum atomic E-state index is 7.82. The van der Waals surface area contributed by atoms with Crippen molar-refractivity contribution >= 4 is 0 Å². The molecule has 0 aromatic carbocycles. The highest BCUT2D eigenvalue weighted by Gasteiger charge is 1.95. The molecule has 0 radical (unpaired) electrons. The summed E-state index contributed by atoms with van der Waals surface area (Å²) in [7, 11) is 0. The zero-order chi connectivity index (χ0) is 7.66. The van der Waals surface area contributed by atoms with Crippen LogP contribution in [0, 0.1) is 11.3 Å². The second-order valence-corrected chi connectivity index (χ2v) is 2.68. The number of rotatable bonds is 1. The lowest BCUT2D eigenvalue weighted by molar-refractivity contribution is 0.886. The highest BCUT2D eigenvalue weighted by Crippen LogP contribution is 2.15. The van der Waals surface area contributed by atoms with Gasteiger partial charge in [0.1, 0.15) is 0 Å². The molecule has 1 aliphatic rings. The van der Waals surface area contributed by atoms with Crippen molar-refractivity contribution in [2.45, 2.75) is 51.9 Å². The van der Waals surface area contributed by atoms with Gasteiger partial charge in [0.25, 0.3) is 0 Å². The van der Waals surface area contributed by atoms with Gasteiger partial charge < -0.3 is 0 Å². The summed E-state index contributed by atoms with van der Waals surface area (Å²) in [5, 5.41) is 7.82. The highest BCUT2D eigenvalue weighted by molar-refractivity contribution is 4.65. The van der Waals surface area contributed by atoms with Crippen molar-refractivity contribution in [2.75, 3.05) is 0 Å². The Labute approximate surface area is 64.1 Å². The fourth-order valence-corrected chi connectivity index (χ4v) is 0.996. The number of unbranched alkanes of at least 4 members (excludes halogenated alkanes) is 1. The van der Waals surface area contributed by atoms with E-state index in [1.54, 1.807) is 0 Å². The van der Waals surface area contributed by atoms with E-state index in [1.807, 2.05) is 13.0 Å². The number of hydrogen-bond acceptors (Lipinski definition) is 1. The van der Waals surface area contributed by atoms with E-state index < -0.39 is 0 Å². The molecule has 0 spiro atoms. The van der Waals surface area contributed by atoms with Gasteiger partial charge in [-0.3, -0.25) is 0 Å². The van der Waals surface area contributed by atoms with Crippen LogP contribution in [-0.2, 0) is 0 Å². The Hall–Kier alpha value is -0.510. The van der Waals surface area contributed by atoms with Crippen LogP contribution in [0.25, 0.3) is 0 Å². The van der Waals surface area contributed by atoms with E-state index >= 15 is 0 Å². The van der Waals surface area contributed by atoms with Crippen molar-refractivity contribution in [3.8, 4) is 6.07 Å². The Morgan fingerprint density at radius 2 is 1.50 bits per heavy atom. The third-order valence-electron chi connectivity index (χ3n) is 1.61. The first kappa shape index (κ1) is 9.49. The molecule has 0 amide bonds. The standard InChI is InChI=1S/C5H10.C4H7N/c1-2-4-5-3-1;1-2-3-4-5/h1-5H2;2-3H2,1H3. The van der Waals surface area contributed by atoms with Crippen LogP contribution in [0.3, 0.4) is 0 Å². The minimum absolute atomic E-state index is 0.694. The number of nitrogens with zero attached hydrogens (tertiary/aromatic N) is 1. The molecule has 1 nitrogen and oxygen atoms in total. The van der Waals surface area contributed by atoms with Crippen LogP contribution in [0.1, 0.15) is 51.9 Å². The van der Waals surface area contributed by atoms with E-state index in [2.05, 4.69) is 0 Å². The molecule has 0 bridgehead atoms. The summed E-state index contributed by atoms with van der Waals surface area (Å²) >= 11 is 0. The van der Waals surface area contributed by atoms with Crippen LogP contribution in [-0.4, -0.2) is 0 Å². The van der Waals surface area contributed by atoms with Gasteiger partial charge in [-0.15, -0.1) is 0 Å². The average molecular weight is 139 g/mol. The molecule has 1 fully saturated rings. The molecule has 0 aromatic heterocycles. The molecule has 0 aliphatic heterocycles. The highest BCUT2D eigenvalue weighted by atomic mass is 14.2. The second kappa shape index (κ2) is 8.49. The molecule has 0 atom stereocenters. The lowest BCUT2D eigenvalue weighted by Gasteiger charge is -1.67. The van der Waals surface area contributed by atoms with Gasteiger partial charge in [0.2, 0.25) is 0 Å². The fraction of sp³-hybridized carbons (Fsp3) is 0.889. The van der Waals surface area contributed by atoms with Crippen molar-refractivity contribution in [3.63, 3.8) is 0 Å². The Morgan fingerprint density at radius 3 is 1.60 bits per heavy atom. The predicted molar refractivity (Wildman–Crippen MR) is 43.6 cm³/mol. The zero-order valence-corrected chi connectivity index (χ0v) is 6.90. The van der Waals surface area contributed by atoms with Gasteiger partial charge in [-0.25, -0.2) is 0 Å². The summed E-state index contributed by atoms with van der Waals surface area (Å²) in [6.07, 6.45) is 9.18. The molecule has 0 saturated heterocycles. The van der Waals surface area contributed by atoms with Crippen LogP contribution in [0.5, 0.6) is 0 Å². The molecule has 0 N–H and O–H groups in total. The molecule has 1 aliphatic carbocycles. The van der Waals surface area contributed by atoms with E-state index in [1.165, 1.54) is 32.1 Å². The van der Waals surface area contributed by atoms with Crippen molar-refractivity contribution in [3.05, 3.63) is 0 Å². The van der Waals surface area contributed by atoms with Crippen molar-refractivity contribution in [2.24, 2.45) is 0 Å². The third-order valence-corrected chi connectivity index (χ3v) is 1.61. The summed E-state index contributed by atoms with van der Waals surface area (Å²) < 4.78 is 0. The molecule has 10 heavy (non-hydrogen) atoms. The molecule has 1 saturated carbocycles. The summed E-state index contributed by atoms with van der Waals surface area (Å²) in [4.78, 5) is 0. The third kappa shape index (κ3) is 7.49. The SMILES string of the molecule is C1CCCC1.CCCC#N. The molecule has 0 heterocycles. The maximum Gasteiger partial charge on any atom is 0.0621 e. The Kier molecular flexibility index (Phi) is 8.06. The predicted octanol–water partition coefficient (Wildman–Crippen LogP) is 3.26. The minimum atomic E-state index is 0.694. The number of hydrogen-bond donors (Lipinski definition) is 0. The Balaban J connectivity index is 0.000000162. The van der Waals surface area contributed by atoms with Crippen molar-refractivity contribution < 1.29 is 0 Å². The first-order chi connectivity index (χ1) is 4.91. The van der Waals surface area contributed by atoms with Crippen molar-refractivity contribution in [1.29, 1.82) is 5.26 Å². The van der Waals surface area contributed by atoms with Crippen LogP contribution in [0.2, 0.25) is 0 Å². The lowest BCUT2D eigenvalue weighted by atomic mass is 10.4. The topological polar surface area (TPSA) is 23.8 Å². The minimum Gasteiger partial charge on any atom is -0.198 e. The van der Waals surface area contributed by atoms with Gasteiger partial charge in [0, 0.05) is 6.42 Å². The van der Waals surface area contributed by atoms with Crippen LogP contribution in [0.15, 0.2) is 0 Å². The molecule has 0 unspecified atom stereocenters. The molecule has 1 heteroatoms. The van der Waals surface area contributed by atoms with Crippen LogP contribution >= 0.6 is 0 Å². The van der Waals surface area contributed by atoms with Crippen molar-refractivity contribution in [1.82, 2.24) is 0 Å². The first-order valence-corrected chi connectivity index (χ1v) is 4.28. The van der Waals surface area contributed by atoms with E-state index in [0.29, 0.717) is 6.42 Å². The van der Waals surface area contributed by atoms with E-state index in [4.69, 9.17) is 5.26 Å². The first-order valence-electron chi connectivity index (χ1n) is 4.28. The second-order valence-electron chi connectivity index (χ2n) is 2.68. The molecule has 0 aromatic rings. The largest absolute Gasteiger partial charge is 0.198 e. The Morgan fingerprint density at radius 1 is 1.10 bits per heavy atom. The van der Waals surface area contributed by atoms with Crippen LogP contribution in [0.4, 0.5) is 0 Å². The van der Waals surface area contributed by atoms with Gasteiger partial charge in [-0.1, -0.05) is 39.0 Å². The normalized spacial score (nSPS) is 15.2. The molecule has 1 rings (SSSR count). The van der Waals surface area contributed by atoms with Gasteiger partial charge in [-0.2, -0.15) is 5.26 Å². The Bertz CT molecular complexity index is 79.8. The van der Waals surface area contributed by atoms with Gasteiger partial charge in [0.15, 0.2) is 0 Å². The smallest absolute Gasteiger partial charge is 0.0621 e. The van der Waals surface area contributed by atoms with E-state index in [-0.39, 0.29) is 0 Å². The lowest BCUT2D eigenvalue weighted by Crippen LogP contribution is -1.53. The van der Waals surface area contributed by atoms with Crippen LogP contribution < -0.4 is 0 Å². The summed E-state index contributed by atoms with van der Waals surface area (Å²) in [6.45, 7) is 1.99. The quantitative estimate of drug-likeness (QED) is 0.547. The van der Waals surface area contributed by atoms with Gasteiger partial charge >= 0.3 is 0 Å². The van der Waals surface area contributed by atoms with E-state index in [9.17, 15) is 0 Å². The monoisotopic (exact) mass is 139 g/mol. The average Bonchev–Trinajstić information content (AvgIpc) is 2.44. The van der Waals surface area contributed by atoms with Gasteiger partial charge in [0.05, 0.1) is 6.07 Å². The summed E-state index contributed by atoms with van der Waals surface area (Å²) in [5.74, 6) is 0. The van der Waals surface area contributed by atoms with Gasteiger partial charge in [-0.05, 0) is 6.42 Å². The molecular formula is C9H17N. The van der Waals surface area contributed by atoms with E-state index in [0.717, 1.165) is 6.42 Å². The molecular weight excluding hydrogens is 122 g/mol. The maximum absolute atomic E-state index is 7.82. The number of nitriles is 1. The molecule has 58 valence electrons.